The molecule has 1 aromatic carbocycles. The molecule has 0 atom stereocenters. The Morgan fingerprint density at radius 2 is 2.05 bits per heavy atom. The third kappa shape index (κ3) is 6.00. The van der Waals surface area contributed by atoms with E-state index in [9.17, 15) is 9.59 Å². The highest BCUT2D eigenvalue weighted by molar-refractivity contribution is 6.31. The van der Waals surface area contributed by atoms with Crippen LogP contribution in [0, 0.1) is 12.8 Å². The summed E-state index contributed by atoms with van der Waals surface area (Å²) in [7, 11) is 0. The predicted molar refractivity (Wildman–Crippen MR) is 84.3 cm³/mol. The van der Waals surface area contributed by atoms with Crippen LogP contribution in [0.3, 0.4) is 0 Å². The minimum absolute atomic E-state index is 0.204. The molecular weight excluding hydrogens is 290 g/mol. The largest absolute Gasteiger partial charge is 0.480 e. The van der Waals surface area contributed by atoms with Crippen LogP contribution in [-0.4, -0.2) is 35.0 Å². The fraction of sp³-hybridized carbons (Fsp3) is 0.375. The van der Waals surface area contributed by atoms with Crippen molar-refractivity contribution < 1.29 is 14.7 Å². The summed E-state index contributed by atoms with van der Waals surface area (Å²) in [4.78, 5) is 24.2. The lowest BCUT2D eigenvalue weighted by atomic mass is 10.1. The number of carboxylic acids is 1. The van der Waals surface area contributed by atoms with Crippen molar-refractivity contribution in [1.29, 1.82) is 0 Å². The van der Waals surface area contributed by atoms with Crippen molar-refractivity contribution in [2.75, 3.05) is 13.1 Å². The molecule has 4 nitrogen and oxygen atoms in total. The molecule has 5 heteroatoms. The molecule has 0 aromatic heterocycles. The highest BCUT2D eigenvalue weighted by Crippen LogP contribution is 2.17. The Balaban J connectivity index is 2.81. The molecule has 0 radical (unpaired) electrons. The number of carbonyl (C=O) groups is 2. The molecule has 0 saturated carbocycles. The molecule has 0 unspecified atom stereocenters. The highest BCUT2D eigenvalue weighted by atomic mass is 35.5. The van der Waals surface area contributed by atoms with E-state index in [1.807, 2.05) is 32.9 Å². The van der Waals surface area contributed by atoms with E-state index in [-0.39, 0.29) is 18.4 Å². The van der Waals surface area contributed by atoms with Gasteiger partial charge in [0.2, 0.25) is 5.91 Å². The lowest BCUT2D eigenvalue weighted by molar-refractivity contribution is -0.143. The smallest absolute Gasteiger partial charge is 0.323 e. The maximum absolute atomic E-state index is 12.1. The third-order valence-corrected chi connectivity index (χ3v) is 3.24. The molecule has 1 aromatic rings. The zero-order valence-electron chi connectivity index (χ0n) is 12.5. The summed E-state index contributed by atoms with van der Waals surface area (Å²) >= 11 is 6.02. The third-order valence-electron chi connectivity index (χ3n) is 2.84. The molecule has 0 bridgehead atoms. The number of benzene rings is 1. The monoisotopic (exact) mass is 309 g/mol. The normalized spacial score (nSPS) is 11.1. The molecule has 21 heavy (non-hydrogen) atoms. The van der Waals surface area contributed by atoms with Crippen LogP contribution in [0.1, 0.15) is 25.0 Å². The number of hydrogen-bond acceptors (Lipinski definition) is 2. The van der Waals surface area contributed by atoms with Gasteiger partial charge in [-0.25, -0.2) is 0 Å². The minimum atomic E-state index is -1.02. The summed E-state index contributed by atoms with van der Waals surface area (Å²) in [6.07, 6.45) is 3.02. The topological polar surface area (TPSA) is 57.6 Å². The van der Waals surface area contributed by atoms with Crippen molar-refractivity contribution in [3.05, 3.63) is 40.4 Å². The van der Waals surface area contributed by atoms with Gasteiger partial charge in [-0.05, 0) is 36.1 Å². The standard InChI is InChI=1S/C16H20ClNO3/c1-11(2)9-18(10-16(20)21)15(19)7-6-13-5-4-12(3)14(17)8-13/h4-8,11H,9-10H2,1-3H3,(H,20,21). The van der Waals surface area contributed by atoms with Gasteiger partial charge in [0, 0.05) is 17.6 Å². The second-order valence-electron chi connectivity index (χ2n) is 5.35. The quantitative estimate of drug-likeness (QED) is 0.821. The van der Waals surface area contributed by atoms with Crippen molar-refractivity contribution >= 4 is 29.6 Å². The maximum atomic E-state index is 12.1. The van der Waals surface area contributed by atoms with Crippen molar-refractivity contribution in [2.24, 2.45) is 5.92 Å². The Morgan fingerprint density at radius 1 is 1.38 bits per heavy atom. The fourth-order valence-electron chi connectivity index (χ4n) is 1.82. The Bertz CT molecular complexity index is 552. The van der Waals surface area contributed by atoms with Gasteiger partial charge in [-0.1, -0.05) is 37.6 Å². The van der Waals surface area contributed by atoms with E-state index in [0.717, 1.165) is 11.1 Å². The lowest BCUT2D eigenvalue weighted by Gasteiger charge is -2.21. The molecule has 0 saturated heterocycles. The van der Waals surface area contributed by atoms with E-state index in [1.165, 1.54) is 11.0 Å². The van der Waals surface area contributed by atoms with E-state index in [1.54, 1.807) is 12.1 Å². The van der Waals surface area contributed by atoms with E-state index >= 15 is 0 Å². The van der Waals surface area contributed by atoms with Crippen LogP contribution in [0.4, 0.5) is 0 Å². The first-order chi connectivity index (χ1) is 9.79. The average molecular weight is 310 g/mol. The van der Waals surface area contributed by atoms with Crippen molar-refractivity contribution in [2.45, 2.75) is 20.8 Å². The lowest BCUT2D eigenvalue weighted by Crippen LogP contribution is -2.37. The average Bonchev–Trinajstić information content (AvgIpc) is 2.38. The Hall–Kier alpha value is -1.81. The molecule has 0 spiro atoms. The van der Waals surface area contributed by atoms with Crippen LogP contribution in [0.2, 0.25) is 5.02 Å². The first-order valence-corrected chi connectivity index (χ1v) is 7.12. The van der Waals surface area contributed by atoms with Gasteiger partial charge >= 0.3 is 5.97 Å². The Morgan fingerprint density at radius 3 is 2.57 bits per heavy atom. The zero-order chi connectivity index (χ0) is 16.0. The molecule has 1 rings (SSSR count). The van der Waals surface area contributed by atoms with Gasteiger partial charge in [-0.3, -0.25) is 9.59 Å². The van der Waals surface area contributed by atoms with E-state index in [0.29, 0.717) is 11.6 Å². The molecule has 1 amide bonds. The van der Waals surface area contributed by atoms with Gasteiger partial charge in [0.15, 0.2) is 0 Å². The molecule has 1 N–H and O–H groups in total. The van der Waals surface area contributed by atoms with Crippen LogP contribution in [0.15, 0.2) is 24.3 Å². The predicted octanol–water partition coefficient (Wildman–Crippen LogP) is 3.23. The van der Waals surface area contributed by atoms with Gasteiger partial charge < -0.3 is 10.0 Å². The summed E-state index contributed by atoms with van der Waals surface area (Å²) in [5.74, 6) is -1.13. The van der Waals surface area contributed by atoms with Crippen molar-refractivity contribution in [1.82, 2.24) is 4.90 Å². The number of aryl methyl sites for hydroxylation is 1. The number of hydrogen-bond donors (Lipinski definition) is 1. The van der Waals surface area contributed by atoms with Gasteiger partial charge in [0.25, 0.3) is 0 Å². The van der Waals surface area contributed by atoms with Crippen LogP contribution in [0.25, 0.3) is 6.08 Å². The number of amides is 1. The van der Waals surface area contributed by atoms with Crippen molar-refractivity contribution in [3.63, 3.8) is 0 Å². The maximum Gasteiger partial charge on any atom is 0.323 e. The summed E-state index contributed by atoms with van der Waals surface area (Å²) in [6.45, 7) is 5.88. The minimum Gasteiger partial charge on any atom is -0.480 e. The highest BCUT2D eigenvalue weighted by Gasteiger charge is 2.15. The molecule has 0 heterocycles. The van der Waals surface area contributed by atoms with Gasteiger partial charge in [-0.15, -0.1) is 0 Å². The van der Waals surface area contributed by atoms with Crippen LogP contribution in [-0.2, 0) is 9.59 Å². The number of nitrogens with zero attached hydrogens (tertiary/aromatic N) is 1. The first-order valence-electron chi connectivity index (χ1n) is 6.74. The first kappa shape index (κ1) is 17.2. The van der Waals surface area contributed by atoms with Gasteiger partial charge in [-0.2, -0.15) is 0 Å². The fourth-order valence-corrected chi connectivity index (χ4v) is 2.01. The number of aliphatic carboxylic acids is 1. The van der Waals surface area contributed by atoms with Gasteiger partial charge in [0.1, 0.15) is 6.54 Å². The Kier molecular flexibility index (Phi) is 6.43. The van der Waals surface area contributed by atoms with E-state index < -0.39 is 5.97 Å². The van der Waals surface area contributed by atoms with Crippen LogP contribution < -0.4 is 0 Å². The van der Waals surface area contributed by atoms with Crippen LogP contribution in [0.5, 0.6) is 0 Å². The number of carboxylic acid groups (broad SMARTS) is 1. The Labute approximate surface area is 130 Å². The number of halogens is 1. The molecule has 0 fully saturated rings. The molecule has 0 aliphatic heterocycles. The SMILES string of the molecule is Cc1ccc(C=CC(=O)N(CC(=O)O)CC(C)C)cc1Cl. The number of carbonyl (C=O) groups excluding carboxylic acids is 1. The van der Waals surface area contributed by atoms with Crippen LogP contribution >= 0.6 is 11.6 Å². The second kappa shape index (κ2) is 7.84. The summed E-state index contributed by atoms with van der Waals surface area (Å²) in [6, 6.07) is 5.50. The van der Waals surface area contributed by atoms with E-state index in [4.69, 9.17) is 16.7 Å². The zero-order valence-corrected chi connectivity index (χ0v) is 13.2. The molecular formula is C16H20ClNO3. The van der Waals surface area contributed by atoms with E-state index in [2.05, 4.69) is 0 Å². The molecule has 0 aliphatic rings. The second-order valence-corrected chi connectivity index (χ2v) is 5.76. The summed E-state index contributed by atoms with van der Waals surface area (Å²) < 4.78 is 0. The summed E-state index contributed by atoms with van der Waals surface area (Å²) in [5, 5.41) is 9.50. The molecule has 0 aliphatic carbocycles. The summed E-state index contributed by atoms with van der Waals surface area (Å²) in [5.41, 5.74) is 1.77. The van der Waals surface area contributed by atoms with Gasteiger partial charge in [0.05, 0.1) is 0 Å². The number of rotatable bonds is 6. The molecule has 114 valence electrons. The van der Waals surface area contributed by atoms with Crippen molar-refractivity contribution in [3.8, 4) is 0 Å².